The second kappa shape index (κ2) is 6.64. The second-order valence-electron chi connectivity index (χ2n) is 4.18. The molecule has 2 aromatic carbocycles. The maximum Gasteiger partial charge on any atom is 0.145 e. The molecule has 0 aliphatic rings. The van der Waals surface area contributed by atoms with E-state index < -0.39 is 17.7 Å². The molecule has 0 heterocycles. The molecule has 0 fully saturated rings. The third-order valence-corrected chi connectivity index (χ3v) is 4.40. The lowest BCUT2D eigenvalue weighted by Gasteiger charge is -2.20. The molecule has 0 bridgehead atoms. The van der Waals surface area contributed by atoms with E-state index in [2.05, 4.69) is 53.1 Å². The minimum absolute atomic E-state index is 0.00752. The Morgan fingerprint density at radius 2 is 1.60 bits per heavy atom. The topological polar surface area (TPSA) is 12.0 Å². The van der Waals surface area contributed by atoms with E-state index in [-0.39, 0.29) is 10.0 Å². The van der Waals surface area contributed by atoms with Gasteiger partial charge >= 0.3 is 0 Å². The molecule has 0 radical (unpaired) electrons. The molecule has 1 N–H and O–H groups in total. The van der Waals surface area contributed by atoms with E-state index in [1.807, 2.05) is 18.2 Å². The maximum absolute atomic E-state index is 14.2. The van der Waals surface area contributed by atoms with Crippen molar-refractivity contribution >= 4 is 47.8 Å². The van der Waals surface area contributed by atoms with Crippen LogP contribution in [-0.4, -0.2) is 7.05 Å². The van der Waals surface area contributed by atoms with E-state index in [1.54, 1.807) is 7.05 Å². The van der Waals surface area contributed by atoms with Crippen LogP contribution in [0.25, 0.3) is 0 Å². The number of rotatable bonds is 3. The molecule has 0 spiro atoms. The van der Waals surface area contributed by atoms with E-state index in [4.69, 9.17) is 0 Å². The first-order valence-electron chi connectivity index (χ1n) is 5.70. The minimum Gasteiger partial charge on any atom is -0.309 e. The van der Waals surface area contributed by atoms with Crippen molar-refractivity contribution in [1.29, 1.82) is 0 Å². The summed E-state index contributed by atoms with van der Waals surface area (Å²) < 4.78 is 30.2. The quantitative estimate of drug-likeness (QED) is 0.580. The molecule has 0 aliphatic heterocycles. The van der Waals surface area contributed by atoms with Gasteiger partial charge in [-0.15, -0.1) is 0 Å². The lowest BCUT2D eigenvalue weighted by molar-refractivity contribution is 0.518. The first-order valence-corrected chi connectivity index (χ1v) is 8.08. The molecule has 0 saturated heterocycles. The Kier molecular flexibility index (Phi) is 5.34. The van der Waals surface area contributed by atoms with Crippen molar-refractivity contribution in [3.8, 4) is 0 Å². The van der Waals surface area contributed by atoms with Gasteiger partial charge in [0.05, 0.1) is 10.5 Å². The summed E-state index contributed by atoms with van der Waals surface area (Å²) in [4.78, 5) is 0. The summed E-state index contributed by atoms with van der Waals surface area (Å²) in [7, 11) is 1.67. The average Bonchev–Trinajstić information content (AvgIpc) is 2.38. The van der Waals surface area contributed by atoms with E-state index in [0.717, 1.165) is 14.5 Å². The van der Waals surface area contributed by atoms with Crippen LogP contribution < -0.4 is 5.32 Å². The third-order valence-electron chi connectivity index (χ3n) is 2.88. The number of benzene rings is 2. The fraction of sp³-hybridized carbons (Fsp3) is 0.143. The summed E-state index contributed by atoms with van der Waals surface area (Å²) in [5.74, 6) is -1.18. The molecule has 6 heteroatoms. The van der Waals surface area contributed by atoms with E-state index in [0.29, 0.717) is 0 Å². The average molecular weight is 470 g/mol. The fourth-order valence-corrected chi connectivity index (χ4v) is 3.70. The lowest BCUT2D eigenvalue weighted by atomic mass is 9.98. The molecule has 106 valence electrons. The molecule has 2 rings (SSSR count). The second-order valence-corrected chi connectivity index (χ2v) is 6.87. The predicted molar refractivity (Wildman–Crippen MR) is 86.8 cm³/mol. The van der Waals surface area contributed by atoms with Gasteiger partial charge in [0.2, 0.25) is 0 Å². The highest BCUT2D eigenvalue weighted by Crippen LogP contribution is 2.33. The van der Waals surface area contributed by atoms with Crippen molar-refractivity contribution < 1.29 is 8.78 Å². The summed E-state index contributed by atoms with van der Waals surface area (Å²) in [6, 6.07) is 7.54. The summed E-state index contributed by atoms with van der Waals surface area (Å²) in [5, 5.41) is 2.96. The largest absolute Gasteiger partial charge is 0.309 e. The molecular formula is C14H10Br3F2N. The van der Waals surface area contributed by atoms with Crippen LogP contribution >= 0.6 is 47.8 Å². The Morgan fingerprint density at radius 3 is 2.15 bits per heavy atom. The van der Waals surface area contributed by atoms with Crippen LogP contribution in [0.5, 0.6) is 0 Å². The molecule has 1 unspecified atom stereocenters. The Morgan fingerprint density at radius 1 is 1.00 bits per heavy atom. The molecule has 0 aliphatic carbocycles. The molecule has 0 aromatic heterocycles. The number of hydrogen-bond donors (Lipinski definition) is 1. The highest BCUT2D eigenvalue weighted by molar-refractivity contribution is 9.11. The maximum atomic E-state index is 14.2. The Bertz CT molecular complexity index is 626. The van der Waals surface area contributed by atoms with Crippen molar-refractivity contribution in [2.45, 2.75) is 6.04 Å². The Hall–Kier alpha value is -0.300. The standard InChI is InChI=1S/C14H10Br3F2N/c1-20-14(7-4-8(15)6-9(16)5-7)12-11(18)3-2-10(17)13(12)19/h2-6,14,20H,1H3. The predicted octanol–water partition coefficient (Wildman–Crippen LogP) is 5.56. The molecule has 2 aromatic rings. The fourth-order valence-electron chi connectivity index (χ4n) is 2.03. The van der Waals surface area contributed by atoms with Gasteiger partial charge in [-0.1, -0.05) is 31.9 Å². The van der Waals surface area contributed by atoms with Crippen molar-refractivity contribution in [1.82, 2.24) is 5.32 Å². The van der Waals surface area contributed by atoms with Crippen LogP contribution in [0.4, 0.5) is 8.78 Å². The van der Waals surface area contributed by atoms with Gasteiger partial charge < -0.3 is 5.32 Å². The van der Waals surface area contributed by atoms with Gasteiger partial charge in [0, 0.05) is 14.5 Å². The number of hydrogen-bond acceptors (Lipinski definition) is 1. The van der Waals surface area contributed by atoms with Crippen LogP contribution in [0.2, 0.25) is 0 Å². The van der Waals surface area contributed by atoms with E-state index in [9.17, 15) is 8.78 Å². The van der Waals surface area contributed by atoms with Crippen LogP contribution in [-0.2, 0) is 0 Å². The van der Waals surface area contributed by atoms with Crippen LogP contribution in [0.1, 0.15) is 17.2 Å². The van der Waals surface area contributed by atoms with Crippen molar-refractivity contribution in [3.63, 3.8) is 0 Å². The monoisotopic (exact) mass is 467 g/mol. The van der Waals surface area contributed by atoms with Crippen molar-refractivity contribution in [2.24, 2.45) is 0 Å². The van der Waals surface area contributed by atoms with Gasteiger partial charge in [-0.3, -0.25) is 0 Å². The summed E-state index contributed by atoms with van der Waals surface area (Å²) in [6.07, 6.45) is 0. The molecule has 20 heavy (non-hydrogen) atoms. The normalized spacial score (nSPS) is 12.5. The van der Waals surface area contributed by atoms with Crippen LogP contribution in [0.15, 0.2) is 43.7 Å². The number of halogens is 5. The van der Waals surface area contributed by atoms with Crippen molar-refractivity contribution in [3.05, 3.63) is 66.5 Å². The zero-order valence-electron chi connectivity index (χ0n) is 10.4. The molecule has 1 atom stereocenters. The molecular weight excluding hydrogens is 460 g/mol. The molecule has 1 nitrogen and oxygen atoms in total. The molecule has 0 amide bonds. The third kappa shape index (κ3) is 3.30. The number of nitrogens with one attached hydrogen (secondary N) is 1. The minimum atomic E-state index is -0.597. The Labute approximate surface area is 141 Å². The van der Waals surface area contributed by atoms with Gasteiger partial charge in [-0.05, 0) is 58.9 Å². The highest BCUT2D eigenvalue weighted by Gasteiger charge is 2.22. The van der Waals surface area contributed by atoms with Gasteiger partial charge in [0.1, 0.15) is 11.6 Å². The highest BCUT2D eigenvalue weighted by atomic mass is 79.9. The van der Waals surface area contributed by atoms with E-state index in [1.165, 1.54) is 12.1 Å². The summed E-state index contributed by atoms with van der Waals surface area (Å²) in [5.41, 5.74) is 0.747. The van der Waals surface area contributed by atoms with Gasteiger partial charge in [-0.25, -0.2) is 8.78 Å². The Balaban J connectivity index is 2.61. The zero-order chi connectivity index (χ0) is 14.9. The van der Waals surface area contributed by atoms with Crippen LogP contribution in [0, 0.1) is 11.6 Å². The summed E-state index contributed by atoms with van der Waals surface area (Å²) in [6.45, 7) is 0. The smallest absolute Gasteiger partial charge is 0.145 e. The first kappa shape index (κ1) is 16.1. The van der Waals surface area contributed by atoms with Gasteiger partial charge in [0.15, 0.2) is 0 Å². The summed E-state index contributed by atoms with van der Waals surface area (Å²) >= 11 is 9.85. The zero-order valence-corrected chi connectivity index (χ0v) is 15.1. The van der Waals surface area contributed by atoms with Crippen LogP contribution in [0.3, 0.4) is 0 Å². The van der Waals surface area contributed by atoms with Gasteiger partial charge in [-0.2, -0.15) is 0 Å². The van der Waals surface area contributed by atoms with Gasteiger partial charge in [0.25, 0.3) is 0 Å². The first-order chi connectivity index (χ1) is 9.43. The van der Waals surface area contributed by atoms with Crippen molar-refractivity contribution in [2.75, 3.05) is 7.05 Å². The molecule has 0 saturated carbocycles. The van der Waals surface area contributed by atoms with E-state index >= 15 is 0 Å². The lowest BCUT2D eigenvalue weighted by Crippen LogP contribution is -2.20. The SMILES string of the molecule is CNC(c1cc(Br)cc(Br)c1)c1c(F)ccc(Br)c1F.